The molecule has 2 nitrogen and oxygen atoms in total. The van der Waals surface area contributed by atoms with E-state index in [-0.39, 0.29) is 0 Å². The predicted octanol–water partition coefficient (Wildman–Crippen LogP) is 2.11. The third-order valence-corrected chi connectivity index (χ3v) is 3.69. The van der Waals surface area contributed by atoms with Crippen LogP contribution in [-0.2, 0) is 0 Å². The SMILES string of the molecule is CNC(C)(C)CCC1CCN(C)CC1. The minimum Gasteiger partial charge on any atom is -0.315 e. The van der Waals surface area contributed by atoms with Crippen molar-refractivity contribution in [2.45, 2.75) is 45.1 Å². The van der Waals surface area contributed by atoms with Crippen LogP contribution in [0.5, 0.6) is 0 Å². The zero-order valence-corrected chi connectivity index (χ0v) is 10.3. The highest BCUT2D eigenvalue weighted by Crippen LogP contribution is 2.24. The Labute approximate surface area is 89.1 Å². The smallest absolute Gasteiger partial charge is 0.0122 e. The van der Waals surface area contributed by atoms with Gasteiger partial charge in [0.2, 0.25) is 0 Å². The fourth-order valence-corrected chi connectivity index (χ4v) is 2.04. The van der Waals surface area contributed by atoms with Crippen LogP contribution in [0.3, 0.4) is 0 Å². The Morgan fingerprint density at radius 1 is 1.29 bits per heavy atom. The van der Waals surface area contributed by atoms with Crippen LogP contribution in [-0.4, -0.2) is 37.6 Å². The van der Waals surface area contributed by atoms with Crippen LogP contribution in [0.4, 0.5) is 0 Å². The molecule has 84 valence electrons. The molecule has 1 rings (SSSR count). The maximum atomic E-state index is 3.38. The van der Waals surface area contributed by atoms with Gasteiger partial charge in [-0.2, -0.15) is 0 Å². The first-order valence-corrected chi connectivity index (χ1v) is 5.91. The van der Waals surface area contributed by atoms with Crippen molar-refractivity contribution in [1.29, 1.82) is 0 Å². The van der Waals surface area contributed by atoms with E-state index in [2.05, 4.69) is 38.2 Å². The second-order valence-corrected chi connectivity index (χ2v) is 5.42. The van der Waals surface area contributed by atoms with Gasteiger partial charge in [-0.25, -0.2) is 0 Å². The maximum Gasteiger partial charge on any atom is 0.0122 e. The molecule has 2 heteroatoms. The molecule has 0 aliphatic carbocycles. The lowest BCUT2D eigenvalue weighted by molar-refractivity contribution is 0.200. The van der Waals surface area contributed by atoms with Gasteiger partial charge in [0.25, 0.3) is 0 Å². The van der Waals surface area contributed by atoms with Crippen LogP contribution < -0.4 is 5.32 Å². The molecule has 0 unspecified atom stereocenters. The second-order valence-electron chi connectivity index (χ2n) is 5.42. The summed E-state index contributed by atoms with van der Waals surface area (Å²) in [6.45, 7) is 7.18. The quantitative estimate of drug-likeness (QED) is 0.744. The Kier molecular flexibility index (Phi) is 4.39. The van der Waals surface area contributed by atoms with Crippen molar-refractivity contribution in [3.8, 4) is 0 Å². The minimum atomic E-state index is 0.323. The molecule has 1 heterocycles. The largest absolute Gasteiger partial charge is 0.315 e. The highest BCUT2D eigenvalue weighted by molar-refractivity contribution is 4.78. The van der Waals surface area contributed by atoms with Gasteiger partial charge in [-0.1, -0.05) is 0 Å². The van der Waals surface area contributed by atoms with Crippen molar-refractivity contribution in [2.24, 2.45) is 5.92 Å². The summed E-state index contributed by atoms with van der Waals surface area (Å²) in [6, 6.07) is 0. The molecule has 0 aromatic carbocycles. The van der Waals surface area contributed by atoms with Gasteiger partial charge >= 0.3 is 0 Å². The van der Waals surface area contributed by atoms with Gasteiger partial charge in [0.05, 0.1) is 0 Å². The van der Waals surface area contributed by atoms with Crippen molar-refractivity contribution in [3.63, 3.8) is 0 Å². The van der Waals surface area contributed by atoms with E-state index in [9.17, 15) is 0 Å². The van der Waals surface area contributed by atoms with Crippen molar-refractivity contribution in [3.05, 3.63) is 0 Å². The molecule has 14 heavy (non-hydrogen) atoms. The first-order chi connectivity index (χ1) is 6.53. The van der Waals surface area contributed by atoms with Crippen LogP contribution >= 0.6 is 0 Å². The summed E-state index contributed by atoms with van der Waals surface area (Å²) in [5, 5.41) is 3.38. The molecule has 1 aliphatic heterocycles. The molecule has 0 bridgehead atoms. The molecule has 0 aromatic heterocycles. The van der Waals surface area contributed by atoms with Gasteiger partial charge in [-0.05, 0) is 72.6 Å². The minimum absolute atomic E-state index is 0.323. The molecule has 1 saturated heterocycles. The van der Waals surface area contributed by atoms with Crippen LogP contribution in [0.2, 0.25) is 0 Å². The standard InChI is InChI=1S/C12H26N2/c1-12(2,13-3)8-5-11-6-9-14(4)10-7-11/h11,13H,5-10H2,1-4H3. The van der Waals surface area contributed by atoms with E-state index in [0.717, 1.165) is 5.92 Å². The molecule has 1 aliphatic rings. The van der Waals surface area contributed by atoms with Gasteiger partial charge < -0.3 is 10.2 Å². The highest BCUT2D eigenvalue weighted by atomic mass is 15.1. The third kappa shape index (κ3) is 3.97. The normalized spacial score (nSPS) is 21.4. The van der Waals surface area contributed by atoms with Gasteiger partial charge in [-0.15, -0.1) is 0 Å². The Morgan fingerprint density at radius 2 is 1.86 bits per heavy atom. The van der Waals surface area contributed by atoms with Gasteiger partial charge in [0.15, 0.2) is 0 Å². The van der Waals surface area contributed by atoms with Crippen LogP contribution in [0.25, 0.3) is 0 Å². The summed E-state index contributed by atoms with van der Waals surface area (Å²) in [7, 11) is 4.29. The average Bonchev–Trinajstić information content (AvgIpc) is 2.17. The number of likely N-dealkylation sites (tertiary alicyclic amines) is 1. The number of hydrogen-bond acceptors (Lipinski definition) is 2. The van der Waals surface area contributed by atoms with Crippen molar-refractivity contribution in [2.75, 3.05) is 27.2 Å². The zero-order valence-electron chi connectivity index (χ0n) is 10.3. The lowest BCUT2D eigenvalue weighted by Crippen LogP contribution is -2.37. The Balaban J connectivity index is 2.19. The zero-order chi connectivity index (χ0) is 10.6. The molecule has 0 radical (unpaired) electrons. The lowest BCUT2D eigenvalue weighted by atomic mass is 9.87. The van der Waals surface area contributed by atoms with Gasteiger partial charge in [0.1, 0.15) is 0 Å². The first-order valence-electron chi connectivity index (χ1n) is 5.91. The number of piperidine rings is 1. The first kappa shape index (κ1) is 12.0. The summed E-state index contributed by atoms with van der Waals surface area (Å²) in [4.78, 5) is 2.44. The summed E-state index contributed by atoms with van der Waals surface area (Å²) >= 11 is 0. The fraction of sp³-hybridized carbons (Fsp3) is 1.00. The van der Waals surface area contributed by atoms with E-state index in [0.29, 0.717) is 5.54 Å². The average molecular weight is 198 g/mol. The van der Waals surface area contributed by atoms with E-state index in [1.54, 1.807) is 0 Å². The van der Waals surface area contributed by atoms with Crippen LogP contribution in [0.1, 0.15) is 39.5 Å². The van der Waals surface area contributed by atoms with E-state index in [4.69, 9.17) is 0 Å². The lowest BCUT2D eigenvalue weighted by Gasteiger charge is -2.31. The molecule has 0 amide bonds. The molecule has 0 aromatic rings. The van der Waals surface area contributed by atoms with Crippen molar-refractivity contribution >= 4 is 0 Å². The Hall–Kier alpha value is -0.0800. The number of hydrogen-bond donors (Lipinski definition) is 1. The van der Waals surface area contributed by atoms with Crippen molar-refractivity contribution in [1.82, 2.24) is 10.2 Å². The molecular formula is C12H26N2. The Morgan fingerprint density at radius 3 is 2.36 bits per heavy atom. The number of rotatable bonds is 4. The van der Waals surface area contributed by atoms with Gasteiger partial charge in [-0.3, -0.25) is 0 Å². The predicted molar refractivity (Wildman–Crippen MR) is 62.6 cm³/mol. The maximum absolute atomic E-state index is 3.38. The summed E-state index contributed by atoms with van der Waals surface area (Å²) < 4.78 is 0. The monoisotopic (exact) mass is 198 g/mol. The molecule has 0 atom stereocenters. The topological polar surface area (TPSA) is 15.3 Å². The molecule has 1 N–H and O–H groups in total. The van der Waals surface area contributed by atoms with E-state index in [1.807, 2.05) is 0 Å². The summed E-state index contributed by atoms with van der Waals surface area (Å²) in [5.41, 5.74) is 0.323. The fourth-order valence-electron chi connectivity index (χ4n) is 2.04. The van der Waals surface area contributed by atoms with Crippen molar-refractivity contribution < 1.29 is 0 Å². The van der Waals surface area contributed by atoms with Crippen LogP contribution in [0.15, 0.2) is 0 Å². The van der Waals surface area contributed by atoms with E-state index in [1.165, 1.54) is 38.8 Å². The molecule has 1 fully saturated rings. The summed E-state index contributed by atoms with van der Waals surface area (Å²) in [6.07, 6.45) is 5.49. The van der Waals surface area contributed by atoms with Gasteiger partial charge in [0, 0.05) is 5.54 Å². The highest BCUT2D eigenvalue weighted by Gasteiger charge is 2.20. The Bertz CT molecular complexity index is 158. The summed E-state index contributed by atoms with van der Waals surface area (Å²) in [5.74, 6) is 0.971. The van der Waals surface area contributed by atoms with E-state index >= 15 is 0 Å². The number of nitrogens with zero attached hydrogens (tertiary/aromatic N) is 1. The van der Waals surface area contributed by atoms with Crippen LogP contribution in [0, 0.1) is 5.92 Å². The molecular weight excluding hydrogens is 172 g/mol. The third-order valence-electron chi connectivity index (χ3n) is 3.69. The number of nitrogens with one attached hydrogen (secondary N) is 1. The molecule has 0 spiro atoms. The molecule has 0 saturated carbocycles. The van der Waals surface area contributed by atoms with E-state index < -0.39 is 0 Å². The second kappa shape index (κ2) is 5.13.